The zero-order valence-corrected chi connectivity index (χ0v) is 11.4. The summed E-state index contributed by atoms with van der Waals surface area (Å²) in [5.41, 5.74) is 0. The molecule has 96 valence electrons. The first-order valence-electron chi connectivity index (χ1n) is 6.16. The Morgan fingerprint density at radius 3 is 2.75 bits per heavy atom. The van der Waals surface area contributed by atoms with Crippen LogP contribution >= 0.6 is 0 Å². The number of hydrogen-bond acceptors (Lipinski definition) is 3. The summed E-state index contributed by atoms with van der Waals surface area (Å²) >= 11 is 0. The Morgan fingerprint density at radius 2 is 2.19 bits per heavy atom. The Bertz CT molecular complexity index is 303. The topological polar surface area (TPSA) is 49.4 Å². The summed E-state index contributed by atoms with van der Waals surface area (Å²) in [5, 5.41) is 2.61. The molecular formula is C11H24N2O2S. The molecule has 0 aromatic rings. The summed E-state index contributed by atoms with van der Waals surface area (Å²) in [6.07, 6.45) is 3.25. The monoisotopic (exact) mass is 248 g/mol. The molecule has 0 saturated carbocycles. The molecule has 2 atom stereocenters. The van der Waals surface area contributed by atoms with Crippen LogP contribution in [0.5, 0.6) is 0 Å². The van der Waals surface area contributed by atoms with E-state index in [-0.39, 0.29) is 5.25 Å². The standard InChI is InChI=1S/C11H24N2O2S/c1-4-11-6-5-7-13(9-11)16(14,15)10(2)8-12-3/h10-12H,4-9H2,1-3H3. The number of nitrogens with one attached hydrogen (secondary N) is 1. The first-order valence-corrected chi connectivity index (χ1v) is 7.66. The second-order valence-electron chi connectivity index (χ2n) is 4.69. The third-order valence-electron chi connectivity index (χ3n) is 3.42. The van der Waals surface area contributed by atoms with Gasteiger partial charge in [-0.3, -0.25) is 0 Å². The molecule has 0 aromatic heterocycles. The van der Waals surface area contributed by atoms with Crippen molar-refractivity contribution < 1.29 is 8.42 Å². The molecule has 0 amide bonds. The van der Waals surface area contributed by atoms with Crippen LogP contribution in [-0.4, -0.2) is 44.7 Å². The molecule has 1 rings (SSSR count). The number of sulfonamides is 1. The number of hydrogen-bond donors (Lipinski definition) is 1. The van der Waals surface area contributed by atoms with Crippen molar-refractivity contribution in [3.05, 3.63) is 0 Å². The van der Waals surface area contributed by atoms with E-state index in [0.717, 1.165) is 12.8 Å². The molecule has 16 heavy (non-hydrogen) atoms. The third-order valence-corrected chi connectivity index (χ3v) is 5.65. The molecule has 5 heteroatoms. The van der Waals surface area contributed by atoms with Gasteiger partial charge in [-0.1, -0.05) is 13.3 Å². The molecular weight excluding hydrogens is 224 g/mol. The zero-order valence-electron chi connectivity index (χ0n) is 10.6. The molecule has 0 bridgehead atoms. The van der Waals surface area contributed by atoms with Gasteiger partial charge in [0.2, 0.25) is 10.0 Å². The first kappa shape index (κ1) is 13.9. The normalized spacial score (nSPS) is 25.6. The summed E-state index contributed by atoms with van der Waals surface area (Å²) in [7, 11) is -1.31. The lowest BCUT2D eigenvalue weighted by atomic mass is 9.97. The molecule has 2 unspecified atom stereocenters. The zero-order chi connectivity index (χ0) is 12.2. The van der Waals surface area contributed by atoms with Crippen molar-refractivity contribution in [2.45, 2.75) is 38.4 Å². The second kappa shape index (κ2) is 5.98. The van der Waals surface area contributed by atoms with Gasteiger partial charge in [-0.05, 0) is 32.7 Å². The van der Waals surface area contributed by atoms with Crippen molar-refractivity contribution in [2.75, 3.05) is 26.7 Å². The molecule has 1 N–H and O–H groups in total. The van der Waals surface area contributed by atoms with Crippen LogP contribution in [0.1, 0.15) is 33.1 Å². The van der Waals surface area contributed by atoms with Gasteiger partial charge in [0.1, 0.15) is 0 Å². The van der Waals surface area contributed by atoms with E-state index in [9.17, 15) is 8.42 Å². The minimum absolute atomic E-state index is 0.326. The highest BCUT2D eigenvalue weighted by molar-refractivity contribution is 7.89. The quantitative estimate of drug-likeness (QED) is 0.791. The summed E-state index contributed by atoms with van der Waals surface area (Å²) in [6, 6.07) is 0. The number of piperidine rings is 1. The highest BCUT2D eigenvalue weighted by atomic mass is 32.2. The Kier molecular flexibility index (Phi) is 5.21. The molecule has 1 fully saturated rings. The van der Waals surface area contributed by atoms with E-state index in [4.69, 9.17) is 0 Å². The van der Waals surface area contributed by atoms with Crippen molar-refractivity contribution in [3.63, 3.8) is 0 Å². The lowest BCUT2D eigenvalue weighted by molar-refractivity contribution is 0.259. The maximum atomic E-state index is 12.2. The predicted octanol–water partition coefficient (Wildman–Crippen LogP) is 1.05. The van der Waals surface area contributed by atoms with Gasteiger partial charge in [-0.25, -0.2) is 12.7 Å². The van der Waals surface area contributed by atoms with Crippen LogP contribution in [0.15, 0.2) is 0 Å². The van der Waals surface area contributed by atoms with Gasteiger partial charge in [0, 0.05) is 19.6 Å². The average molecular weight is 248 g/mol. The maximum Gasteiger partial charge on any atom is 0.217 e. The highest BCUT2D eigenvalue weighted by Gasteiger charge is 2.31. The maximum absolute atomic E-state index is 12.2. The van der Waals surface area contributed by atoms with E-state index in [1.165, 1.54) is 6.42 Å². The Morgan fingerprint density at radius 1 is 1.50 bits per heavy atom. The molecule has 1 aliphatic heterocycles. The average Bonchev–Trinajstić information content (AvgIpc) is 2.29. The van der Waals surface area contributed by atoms with Crippen molar-refractivity contribution in [1.82, 2.24) is 9.62 Å². The largest absolute Gasteiger partial charge is 0.318 e. The molecule has 0 aromatic carbocycles. The summed E-state index contributed by atoms with van der Waals surface area (Å²) in [5.74, 6) is 0.547. The van der Waals surface area contributed by atoms with Gasteiger partial charge < -0.3 is 5.32 Å². The summed E-state index contributed by atoms with van der Waals surface area (Å²) in [4.78, 5) is 0. The van der Waals surface area contributed by atoms with Crippen molar-refractivity contribution in [2.24, 2.45) is 5.92 Å². The molecule has 1 heterocycles. The van der Waals surface area contributed by atoms with Crippen LogP contribution < -0.4 is 5.32 Å². The van der Waals surface area contributed by atoms with E-state index >= 15 is 0 Å². The Hall–Kier alpha value is -0.130. The molecule has 1 aliphatic rings. The van der Waals surface area contributed by atoms with Gasteiger partial charge in [-0.15, -0.1) is 0 Å². The first-order chi connectivity index (χ1) is 7.52. The van der Waals surface area contributed by atoms with Crippen LogP contribution in [-0.2, 0) is 10.0 Å². The van der Waals surface area contributed by atoms with Crippen LogP contribution in [0.25, 0.3) is 0 Å². The van der Waals surface area contributed by atoms with Crippen LogP contribution in [0, 0.1) is 5.92 Å². The predicted molar refractivity (Wildman–Crippen MR) is 66.9 cm³/mol. The number of nitrogens with zero attached hydrogens (tertiary/aromatic N) is 1. The lowest BCUT2D eigenvalue weighted by Gasteiger charge is -2.33. The molecule has 0 aliphatic carbocycles. The fraction of sp³-hybridized carbons (Fsp3) is 1.00. The van der Waals surface area contributed by atoms with Gasteiger partial charge in [0.25, 0.3) is 0 Å². The van der Waals surface area contributed by atoms with Crippen LogP contribution in [0.2, 0.25) is 0 Å². The summed E-state index contributed by atoms with van der Waals surface area (Å²) < 4.78 is 26.1. The van der Waals surface area contributed by atoms with Gasteiger partial charge in [-0.2, -0.15) is 0 Å². The van der Waals surface area contributed by atoms with Gasteiger partial charge in [0.15, 0.2) is 0 Å². The SMILES string of the molecule is CCC1CCCN(S(=O)(=O)C(C)CNC)C1. The minimum Gasteiger partial charge on any atom is -0.318 e. The lowest BCUT2D eigenvalue weighted by Crippen LogP contribution is -2.46. The van der Waals surface area contributed by atoms with E-state index in [1.807, 2.05) is 0 Å². The van der Waals surface area contributed by atoms with E-state index in [0.29, 0.717) is 25.6 Å². The Balaban J connectivity index is 2.67. The fourth-order valence-corrected chi connectivity index (χ4v) is 3.93. The van der Waals surface area contributed by atoms with Crippen molar-refractivity contribution in [1.29, 1.82) is 0 Å². The van der Waals surface area contributed by atoms with Crippen LogP contribution in [0.3, 0.4) is 0 Å². The van der Waals surface area contributed by atoms with E-state index < -0.39 is 10.0 Å². The highest BCUT2D eigenvalue weighted by Crippen LogP contribution is 2.23. The van der Waals surface area contributed by atoms with Crippen molar-refractivity contribution in [3.8, 4) is 0 Å². The number of rotatable bonds is 5. The molecule has 4 nitrogen and oxygen atoms in total. The smallest absolute Gasteiger partial charge is 0.217 e. The third kappa shape index (κ3) is 3.18. The fourth-order valence-electron chi connectivity index (χ4n) is 2.24. The van der Waals surface area contributed by atoms with Gasteiger partial charge in [0.05, 0.1) is 5.25 Å². The van der Waals surface area contributed by atoms with Crippen LogP contribution in [0.4, 0.5) is 0 Å². The second-order valence-corrected chi connectivity index (χ2v) is 7.04. The van der Waals surface area contributed by atoms with E-state index in [1.54, 1.807) is 18.3 Å². The molecule has 1 saturated heterocycles. The molecule has 0 radical (unpaired) electrons. The van der Waals surface area contributed by atoms with Gasteiger partial charge >= 0.3 is 0 Å². The van der Waals surface area contributed by atoms with Crippen molar-refractivity contribution >= 4 is 10.0 Å². The summed E-state index contributed by atoms with van der Waals surface area (Å²) in [6.45, 7) is 5.86. The molecule has 0 spiro atoms. The Labute approximate surface area is 99.5 Å². The van der Waals surface area contributed by atoms with E-state index in [2.05, 4.69) is 12.2 Å². The minimum atomic E-state index is -3.10.